The average molecular weight is 208 g/mol. The van der Waals surface area contributed by atoms with Gasteiger partial charge < -0.3 is 5.32 Å². The first-order valence-electron chi connectivity index (χ1n) is 5.52. The summed E-state index contributed by atoms with van der Waals surface area (Å²) >= 11 is 0. The average Bonchev–Trinajstić information content (AvgIpc) is 2.72. The lowest BCUT2D eigenvalue weighted by Gasteiger charge is -2.04. The van der Waals surface area contributed by atoms with Gasteiger partial charge in [-0.05, 0) is 28.8 Å². The zero-order valence-corrected chi connectivity index (χ0v) is 8.90. The molecule has 2 nitrogen and oxygen atoms in total. The number of nitrogens with zero attached hydrogens (tertiary/aromatic N) is 1. The highest BCUT2D eigenvalue weighted by molar-refractivity contribution is 5.91. The first-order valence-corrected chi connectivity index (χ1v) is 5.52. The van der Waals surface area contributed by atoms with Crippen LogP contribution < -0.4 is 5.32 Å². The third-order valence-corrected chi connectivity index (χ3v) is 3.19. The Bertz CT molecular complexity index is 581. The minimum Gasteiger partial charge on any atom is -0.381 e. The van der Waals surface area contributed by atoms with Crippen molar-refractivity contribution in [3.63, 3.8) is 0 Å². The number of fused-ring (bicyclic) bond motifs is 3. The van der Waals surface area contributed by atoms with Gasteiger partial charge in [-0.3, -0.25) is 0 Å². The molecular weight excluding hydrogens is 196 g/mol. The lowest BCUT2D eigenvalue weighted by Crippen LogP contribution is -2.13. The van der Waals surface area contributed by atoms with Crippen LogP contribution in [0, 0.1) is 11.3 Å². The number of hydrogen-bond acceptors (Lipinski definition) is 2. The van der Waals surface area contributed by atoms with Crippen LogP contribution in [0.15, 0.2) is 36.4 Å². The van der Waals surface area contributed by atoms with Crippen LogP contribution in [0.4, 0.5) is 5.69 Å². The van der Waals surface area contributed by atoms with Gasteiger partial charge in [0.05, 0.1) is 12.5 Å². The van der Waals surface area contributed by atoms with Crippen LogP contribution in [0.2, 0.25) is 0 Å². The number of benzene rings is 2. The molecule has 78 valence electrons. The quantitative estimate of drug-likeness (QED) is 0.781. The van der Waals surface area contributed by atoms with Gasteiger partial charge in [0.25, 0.3) is 0 Å². The van der Waals surface area contributed by atoms with Gasteiger partial charge in [-0.1, -0.05) is 30.3 Å². The lowest BCUT2D eigenvalue weighted by atomic mass is 10.0. The predicted octanol–water partition coefficient (Wildman–Crippen LogP) is 3.09. The molecule has 0 aliphatic carbocycles. The molecule has 0 aromatic heterocycles. The van der Waals surface area contributed by atoms with Crippen LogP contribution in [0.5, 0.6) is 0 Å². The van der Waals surface area contributed by atoms with E-state index in [1.54, 1.807) is 0 Å². The molecule has 0 spiro atoms. The van der Waals surface area contributed by atoms with Crippen LogP contribution in [0.1, 0.15) is 12.0 Å². The summed E-state index contributed by atoms with van der Waals surface area (Å²) in [6, 6.07) is 15.2. The molecule has 0 fully saturated rings. The normalized spacial score (nSPS) is 17.8. The molecule has 3 rings (SSSR count). The number of hydrogen-bond donors (Lipinski definition) is 1. The van der Waals surface area contributed by atoms with Crippen molar-refractivity contribution in [2.75, 3.05) is 5.32 Å². The van der Waals surface area contributed by atoms with E-state index in [9.17, 15) is 0 Å². The zero-order valence-electron chi connectivity index (χ0n) is 8.90. The van der Waals surface area contributed by atoms with Crippen LogP contribution in [0.25, 0.3) is 10.8 Å². The predicted molar refractivity (Wildman–Crippen MR) is 65.3 cm³/mol. The van der Waals surface area contributed by atoms with Gasteiger partial charge in [-0.25, -0.2) is 0 Å². The Morgan fingerprint density at radius 3 is 3.00 bits per heavy atom. The summed E-state index contributed by atoms with van der Waals surface area (Å²) in [6.45, 7) is 0. The Morgan fingerprint density at radius 2 is 2.12 bits per heavy atom. The Balaban J connectivity index is 2.11. The summed E-state index contributed by atoms with van der Waals surface area (Å²) in [6.07, 6.45) is 1.53. The lowest BCUT2D eigenvalue weighted by molar-refractivity contribution is 0.774. The van der Waals surface area contributed by atoms with E-state index in [2.05, 4.69) is 47.8 Å². The standard InChI is InChI=1S/C14H12N2/c15-8-7-11-9-13-12-4-2-1-3-10(12)5-6-14(13)16-11/h1-6,11,16H,7,9H2. The van der Waals surface area contributed by atoms with Crippen LogP contribution in [-0.2, 0) is 6.42 Å². The topological polar surface area (TPSA) is 35.8 Å². The van der Waals surface area contributed by atoms with Gasteiger partial charge in [0.2, 0.25) is 0 Å². The summed E-state index contributed by atoms with van der Waals surface area (Å²) in [5, 5.41) is 14.7. The van der Waals surface area contributed by atoms with Crippen LogP contribution >= 0.6 is 0 Å². The molecule has 0 saturated carbocycles. The Labute approximate surface area is 94.5 Å². The second kappa shape index (κ2) is 3.53. The molecule has 0 amide bonds. The van der Waals surface area contributed by atoms with Gasteiger partial charge in [0.15, 0.2) is 0 Å². The molecule has 2 aromatic carbocycles. The van der Waals surface area contributed by atoms with Crippen molar-refractivity contribution in [3.8, 4) is 6.07 Å². The molecule has 2 heteroatoms. The van der Waals surface area contributed by atoms with E-state index in [-0.39, 0.29) is 6.04 Å². The minimum atomic E-state index is 0.283. The fourth-order valence-electron chi connectivity index (χ4n) is 2.44. The van der Waals surface area contributed by atoms with E-state index >= 15 is 0 Å². The van der Waals surface area contributed by atoms with Crippen molar-refractivity contribution >= 4 is 16.5 Å². The molecule has 2 aromatic rings. The fraction of sp³-hybridized carbons (Fsp3) is 0.214. The number of nitrogens with one attached hydrogen (secondary N) is 1. The van der Waals surface area contributed by atoms with E-state index < -0.39 is 0 Å². The summed E-state index contributed by atoms with van der Waals surface area (Å²) in [4.78, 5) is 0. The third kappa shape index (κ3) is 1.33. The summed E-state index contributed by atoms with van der Waals surface area (Å²) in [5.74, 6) is 0. The van der Waals surface area contributed by atoms with Crippen molar-refractivity contribution in [3.05, 3.63) is 42.0 Å². The Kier molecular flexibility index (Phi) is 2.04. The second-order valence-corrected chi connectivity index (χ2v) is 4.22. The molecule has 0 radical (unpaired) electrons. The van der Waals surface area contributed by atoms with Crippen molar-refractivity contribution < 1.29 is 0 Å². The maximum Gasteiger partial charge on any atom is 0.0643 e. The van der Waals surface area contributed by atoms with Crippen molar-refractivity contribution in [2.45, 2.75) is 18.9 Å². The molecule has 1 heterocycles. The molecule has 1 N–H and O–H groups in total. The molecule has 1 unspecified atom stereocenters. The Morgan fingerprint density at radius 1 is 1.25 bits per heavy atom. The van der Waals surface area contributed by atoms with Gasteiger partial charge >= 0.3 is 0 Å². The Hall–Kier alpha value is -2.01. The maximum absolute atomic E-state index is 8.73. The highest BCUT2D eigenvalue weighted by atomic mass is 14.9. The highest BCUT2D eigenvalue weighted by Gasteiger charge is 2.21. The summed E-state index contributed by atoms with van der Waals surface area (Å²) in [7, 11) is 0. The van der Waals surface area contributed by atoms with E-state index in [1.165, 1.54) is 22.0 Å². The van der Waals surface area contributed by atoms with Gasteiger partial charge in [0, 0.05) is 11.7 Å². The fourth-order valence-corrected chi connectivity index (χ4v) is 2.44. The van der Waals surface area contributed by atoms with Crippen molar-refractivity contribution in [2.24, 2.45) is 0 Å². The molecule has 1 aliphatic rings. The molecular formula is C14H12N2. The van der Waals surface area contributed by atoms with Crippen LogP contribution in [0.3, 0.4) is 0 Å². The number of anilines is 1. The molecule has 1 aliphatic heterocycles. The smallest absolute Gasteiger partial charge is 0.0643 e. The highest BCUT2D eigenvalue weighted by Crippen LogP contribution is 2.33. The third-order valence-electron chi connectivity index (χ3n) is 3.19. The maximum atomic E-state index is 8.73. The van der Waals surface area contributed by atoms with Gasteiger partial charge in [0.1, 0.15) is 0 Å². The summed E-state index contributed by atoms with van der Waals surface area (Å²) in [5.41, 5.74) is 2.55. The molecule has 1 atom stereocenters. The van der Waals surface area contributed by atoms with Crippen molar-refractivity contribution in [1.82, 2.24) is 0 Å². The first-order chi connectivity index (χ1) is 7.88. The van der Waals surface area contributed by atoms with Gasteiger partial charge in [-0.15, -0.1) is 0 Å². The van der Waals surface area contributed by atoms with Crippen molar-refractivity contribution in [1.29, 1.82) is 5.26 Å². The molecule has 16 heavy (non-hydrogen) atoms. The zero-order chi connectivity index (χ0) is 11.0. The number of rotatable bonds is 1. The minimum absolute atomic E-state index is 0.283. The van der Waals surface area contributed by atoms with E-state index in [1.807, 2.05) is 0 Å². The van der Waals surface area contributed by atoms with E-state index in [0.29, 0.717) is 6.42 Å². The van der Waals surface area contributed by atoms with Gasteiger partial charge in [-0.2, -0.15) is 5.26 Å². The summed E-state index contributed by atoms with van der Waals surface area (Å²) < 4.78 is 0. The SMILES string of the molecule is N#CCC1Cc2c(ccc3ccccc23)N1. The monoisotopic (exact) mass is 208 g/mol. The largest absolute Gasteiger partial charge is 0.381 e. The second-order valence-electron chi connectivity index (χ2n) is 4.22. The first kappa shape index (κ1) is 9.23. The van der Waals surface area contributed by atoms with E-state index in [0.717, 1.165) is 6.42 Å². The number of nitriles is 1. The molecule has 0 saturated heterocycles. The van der Waals surface area contributed by atoms with E-state index in [4.69, 9.17) is 5.26 Å². The van der Waals surface area contributed by atoms with Crippen LogP contribution in [-0.4, -0.2) is 6.04 Å². The molecule has 0 bridgehead atoms.